The summed E-state index contributed by atoms with van der Waals surface area (Å²) in [5.74, 6) is -4.70. The van der Waals surface area contributed by atoms with Gasteiger partial charge in [-0.05, 0) is 13.0 Å². The van der Waals surface area contributed by atoms with E-state index in [-0.39, 0.29) is 38.9 Å². The Morgan fingerprint density at radius 2 is 2.12 bits per heavy atom. The summed E-state index contributed by atoms with van der Waals surface area (Å²) in [6.07, 6.45) is 1.99. The van der Waals surface area contributed by atoms with E-state index in [1.165, 1.54) is 18.7 Å². The summed E-state index contributed by atoms with van der Waals surface area (Å²) >= 11 is 8.23. The number of aromatic nitrogens is 3. The van der Waals surface area contributed by atoms with Gasteiger partial charge >= 0.3 is 11.9 Å². The number of β-lactam (4-membered cyclic amide) rings is 1. The molecule has 5 heterocycles. The highest BCUT2D eigenvalue weighted by atomic mass is 35.5. The largest absolute Gasteiger partial charge is 0.478 e. The fourth-order valence-corrected chi connectivity index (χ4v) is 6.69. The Hall–Kier alpha value is -4.68. The number of pyridine rings is 1. The van der Waals surface area contributed by atoms with Gasteiger partial charge in [0, 0.05) is 17.4 Å². The zero-order chi connectivity index (χ0) is 31.2. The van der Waals surface area contributed by atoms with Crippen LogP contribution >= 0.6 is 34.7 Å². The van der Waals surface area contributed by atoms with Crippen LogP contribution < -0.4 is 21.4 Å². The van der Waals surface area contributed by atoms with Crippen LogP contribution in [0.1, 0.15) is 23.1 Å². The van der Waals surface area contributed by atoms with Crippen LogP contribution in [0, 0.1) is 0 Å². The van der Waals surface area contributed by atoms with Gasteiger partial charge in [0.25, 0.3) is 17.7 Å². The number of nitrogen functional groups attached to an aromatic ring is 1. The van der Waals surface area contributed by atoms with Gasteiger partial charge in [0.15, 0.2) is 29.8 Å². The van der Waals surface area contributed by atoms with Gasteiger partial charge in [0.1, 0.15) is 32.8 Å². The number of H-pyrrole nitrogens is 1. The minimum Gasteiger partial charge on any atom is -0.478 e. The smallest absolute Gasteiger partial charge is 0.352 e. The summed E-state index contributed by atoms with van der Waals surface area (Å²) in [5.41, 5.74) is 11.5. The van der Waals surface area contributed by atoms with E-state index in [1.54, 1.807) is 29.1 Å². The third-order valence-corrected chi connectivity index (χ3v) is 8.91. The molecule has 2 aliphatic rings. The van der Waals surface area contributed by atoms with Gasteiger partial charge in [0.2, 0.25) is 6.10 Å². The van der Waals surface area contributed by atoms with Gasteiger partial charge < -0.3 is 36.8 Å². The number of rotatable bonds is 10. The Morgan fingerprint density at radius 1 is 1.37 bits per heavy atom. The summed E-state index contributed by atoms with van der Waals surface area (Å²) < 4.78 is 1.70. The molecule has 1 saturated heterocycles. The number of carboxylic acid groups (broad SMARTS) is 2. The molecule has 0 radical (unpaired) electrons. The van der Waals surface area contributed by atoms with Crippen molar-refractivity contribution in [2.75, 3.05) is 11.5 Å². The quantitative estimate of drug-likeness (QED) is 0.0731. The highest BCUT2D eigenvalue weighted by Crippen LogP contribution is 2.40. The summed E-state index contributed by atoms with van der Waals surface area (Å²) in [4.78, 5) is 74.3. The Bertz CT molecular complexity index is 1770. The number of thiazole rings is 1. The number of carbonyl (C=O) groups is 5. The van der Waals surface area contributed by atoms with Gasteiger partial charge in [-0.3, -0.25) is 19.3 Å². The normalized spacial score (nSPS) is 19.1. The van der Waals surface area contributed by atoms with E-state index >= 15 is 0 Å². The van der Waals surface area contributed by atoms with E-state index in [0.717, 1.165) is 16.2 Å². The number of fused-ring (bicyclic) bond motifs is 2. The maximum atomic E-state index is 13.2. The fourth-order valence-electron chi connectivity index (χ4n) is 4.42. The van der Waals surface area contributed by atoms with Crippen molar-refractivity contribution < 1.29 is 43.6 Å². The monoisotopic (exact) mass is 649 g/mol. The molecule has 2 aliphatic heterocycles. The maximum Gasteiger partial charge on any atom is 0.352 e. The van der Waals surface area contributed by atoms with Gasteiger partial charge in [-0.25, -0.2) is 19.1 Å². The molecule has 3 amide bonds. The molecule has 19 heteroatoms. The lowest BCUT2D eigenvalue weighted by Gasteiger charge is -2.49. The van der Waals surface area contributed by atoms with E-state index in [4.69, 9.17) is 33.0 Å². The first kappa shape index (κ1) is 29.8. The highest BCUT2D eigenvalue weighted by molar-refractivity contribution is 8.00. The van der Waals surface area contributed by atoms with Gasteiger partial charge in [0.05, 0.1) is 10.9 Å². The number of nitrogens with zero attached hydrogens (tertiary/aromatic N) is 4. The lowest BCUT2D eigenvalue weighted by atomic mass is 10.0. The minimum atomic E-state index is -1.42. The Kier molecular flexibility index (Phi) is 8.00. The van der Waals surface area contributed by atoms with Crippen LogP contribution in [0.25, 0.3) is 10.9 Å². The predicted molar refractivity (Wildman–Crippen MR) is 153 cm³/mol. The first-order chi connectivity index (χ1) is 20.3. The molecule has 5 rings (SSSR count). The van der Waals surface area contributed by atoms with Crippen molar-refractivity contribution in [3.63, 3.8) is 0 Å². The van der Waals surface area contributed by atoms with Crippen molar-refractivity contribution in [1.29, 1.82) is 0 Å². The molecule has 0 unspecified atom stereocenters. The van der Waals surface area contributed by atoms with E-state index in [9.17, 15) is 29.1 Å². The number of carbonyl (C=O) groups excluding carboxylic acids is 3. The van der Waals surface area contributed by atoms with Crippen molar-refractivity contribution in [2.24, 2.45) is 10.9 Å². The summed E-state index contributed by atoms with van der Waals surface area (Å²) in [6.45, 7) is 1.32. The molecule has 3 aromatic heterocycles. The molecular formula is C24H22ClN8O8S2+. The van der Waals surface area contributed by atoms with Crippen molar-refractivity contribution in [1.82, 2.24) is 20.2 Å². The van der Waals surface area contributed by atoms with Crippen molar-refractivity contribution >= 4 is 86.1 Å². The number of thioether (sulfide) groups is 1. The zero-order valence-electron chi connectivity index (χ0n) is 21.9. The minimum absolute atomic E-state index is 0.00566. The number of aliphatic carboxylic acids is 2. The number of halogens is 1. The molecule has 8 N–H and O–H groups in total. The lowest BCUT2D eigenvalue weighted by Crippen LogP contribution is -2.71. The number of amides is 3. The second-order valence-corrected chi connectivity index (χ2v) is 12.1. The molecule has 43 heavy (non-hydrogen) atoms. The molecule has 0 aromatic carbocycles. The molecule has 1 fully saturated rings. The lowest BCUT2D eigenvalue weighted by molar-refractivity contribution is -0.687. The van der Waals surface area contributed by atoms with E-state index in [0.29, 0.717) is 16.5 Å². The number of aromatic amines is 1. The number of anilines is 1. The number of hydrogen-bond donors (Lipinski definition) is 6. The Balaban J connectivity index is 1.37. The second kappa shape index (κ2) is 11.5. The second-order valence-electron chi connectivity index (χ2n) is 9.35. The number of nitrogens with two attached hydrogens (primary N) is 2. The number of primary amides is 1. The summed E-state index contributed by atoms with van der Waals surface area (Å²) in [6, 6.07) is 2.15. The molecular weight excluding hydrogens is 628 g/mol. The van der Waals surface area contributed by atoms with E-state index in [1.807, 2.05) is 0 Å². The number of carboxylic acids is 2. The van der Waals surface area contributed by atoms with Crippen LogP contribution in [0.15, 0.2) is 41.0 Å². The average molecular weight is 650 g/mol. The van der Waals surface area contributed by atoms with Crippen LogP contribution in [-0.4, -0.2) is 83.7 Å². The molecule has 3 aromatic rings. The first-order valence-electron chi connectivity index (χ1n) is 12.3. The van der Waals surface area contributed by atoms with Crippen LogP contribution in [-0.2, 0) is 30.6 Å². The van der Waals surface area contributed by atoms with Gasteiger partial charge in [-0.15, -0.1) is 11.8 Å². The first-order valence-corrected chi connectivity index (χ1v) is 14.5. The van der Waals surface area contributed by atoms with Crippen LogP contribution in [0.3, 0.4) is 0 Å². The SMILES string of the molecule is C[C@H](O/N=C(\C(=O)N[C@@H]1C(=O)N2C(C(=O)O)=C(C[n+]3ccc4[nH]c(C(N)=O)cc4c3)CS[C@H]12)c1nc(N)sc1Cl)C(=O)O. The topological polar surface area (TPSA) is 247 Å². The average Bonchev–Trinajstić information content (AvgIpc) is 3.53. The van der Waals surface area contributed by atoms with E-state index in [2.05, 4.69) is 20.4 Å². The molecule has 0 bridgehead atoms. The molecule has 16 nitrogen and oxygen atoms in total. The predicted octanol–water partition coefficient (Wildman–Crippen LogP) is -0.121. The van der Waals surface area contributed by atoms with Crippen molar-refractivity contribution in [3.05, 3.63) is 51.5 Å². The third kappa shape index (κ3) is 5.71. The van der Waals surface area contributed by atoms with Crippen LogP contribution in [0.4, 0.5) is 5.13 Å². The van der Waals surface area contributed by atoms with E-state index < -0.39 is 52.9 Å². The summed E-state index contributed by atoms with van der Waals surface area (Å²) in [5, 5.41) is 25.2. The molecule has 3 atom stereocenters. The zero-order valence-corrected chi connectivity index (χ0v) is 24.3. The van der Waals surface area contributed by atoms with Crippen molar-refractivity contribution in [2.45, 2.75) is 31.0 Å². The molecule has 0 aliphatic carbocycles. The molecule has 224 valence electrons. The van der Waals surface area contributed by atoms with Gasteiger partial charge in [-0.1, -0.05) is 28.1 Å². The molecule has 0 saturated carbocycles. The Labute approximate surface area is 254 Å². The third-order valence-electron chi connectivity index (χ3n) is 6.48. The van der Waals surface area contributed by atoms with Crippen molar-refractivity contribution in [3.8, 4) is 0 Å². The maximum absolute atomic E-state index is 13.2. The number of hydrogen-bond acceptors (Lipinski definition) is 11. The number of nitrogens with one attached hydrogen (secondary N) is 2. The Morgan fingerprint density at radius 3 is 2.74 bits per heavy atom. The molecule has 0 spiro atoms. The highest BCUT2D eigenvalue weighted by Gasteiger charge is 2.55. The van der Waals surface area contributed by atoms with Crippen LogP contribution in [0.5, 0.6) is 0 Å². The number of oxime groups is 1. The standard InChI is InChI=1S/C24H21ClN8O8S2/c1-8(22(37)38)41-31-14(13-17(25)43-24(27)30-13)19(35)29-15-20(36)33-16(23(39)40)10(7-42-21(15)33)6-32-3-2-11-9(5-32)4-12(28-11)18(26)34/h2-5,8,15,21H,6-7H2,1H3,(H7,26,27,29,30,34,35,37,38,39,40)/p+1/b31-14-/t8-,15+,21+/m0/s1. The summed E-state index contributed by atoms with van der Waals surface area (Å²) in [7, 11) is 0. The van der Waals surface area contributed by atoms with Gasteiger partial charge in [-0.2, -0.15) is 0 Å². The van der Waals surface area contributed by atoms with Crippen LogP contribution in [0.2, 0.25) is 4.34 Å². The fraction of sp³-hybridized carbons (Fsp3) is 0.250.